The van der Waals surface area contributed by atoms with Gasteiger partial charge in [0.25, 0.3) is 0 Å². The van der Waals surface area contributed by atoms with Gasteiger partial charge in [-0.25, -0.2) is 4.39 Å². The van der Waals surface area contributed by atoms with E-state index in [-0.39, 0.29) is 22.3 Å². The van der Waals surface area contributed by atoms with E-state index < -0.39 is 5.82 Å². The summed E-state index contributed by atoms with van der Waals surface area (Å²) in [4.78, 5) is 14.7. The number of amides is 1. The van der Waals surface area contributed by atoms with E-state index >= 15 is 0 Å². The average Bonchev–Trinajstić information content (AvgIpc) is 2.56. The van der Waals surface area contributed by atoms with Gasteiger partial charge in [0.1, 0.15) is 5.82 Å². The topological polar surface area (TPSA) is 32.3 Å². The maximum atomic E-state index is 13.4. The molecule has 1 saturated carbocycles. The molecular weight excluding hydrogens is 398 g/mol. The SMILES string of the molecule is CC.O=C(Nc1cc(F)cc(Cl)c1)C1CC2(C1)CN(Cc1cccc(Cl)c1)C2. The van der Waals surface area contributed by atoms with Crippen LogP contribution in [-0.2, 0) is 11.3 Å². The van der Waals surface area contributed by atoms with Crippen molar-refractivity contribution in [1.82, 2.24) is 4.90 Å². The van der Waals surface area contributed by atoms with Crippen molar-refractivity contribution in [1.29, 1.82) is 0 Å². The number of likely N-dealkylation sites (tertiary alicyclic amines) is 1. The van der Waals surface area contributed by atoms with Crippen LogP contribution in [0.25, 0.3) is 0 Å². The van der Waals surface area contributed by atoms with Crippen LogP contribution in [0, 0.1) is 17.2 Å². The summed E-state index contributed by atoms with van der Waals surface area (Å²) < 4.78 is 13.4. The van der Waals surface area contributed by atoms with Crippen LogP contribution in [-0.4, -0.2) is 23.9 Å². The molecule has 1 aliphatic heterocycles. The Hall–Kier alpha value is -1.62. The number of hydrogen-bond donors (Lipinski definition) is 1. The van der Waals surface area contributed by atoms with E-state index in [4.69, 9.17) is 23.2 Å². The lowest BCUT2D eigenvalue weighted by Crippen LogP contribution is -2.63. The van der Waals surface area contributed by atoms with Gasteiger partial charge in [-0.3, -0.25) is 9.69 Å². The van der Waals surface area contributed by atoms with E-state index in [9.17, 15) is 9.18 Å². The smallest absolute Gasteiger partial charge is 0.227 e. The number of nitrogens with zero attached hydrogens (tertiary/aromatic N) is 1. The fourth-order valence-electron chi connectivity index (χ4n) is 4.21. The molecule has 6 heteroatoms. The molecule has 1 N–H and O–H groups in total. The van der Waals surface area contributed by atoms with E-state index in [1.165, 1.54) is 17.7 Å². The Morgan fingerprint density at radius 2 is 1.86 bits per heavy atom. The molecule has 0 radical (unpaired) electrons. The Balaban J connectivity index is 0.00000109. The largest absolute Gasteiger partial charge is 0.326 e. The highest BCUT2D eigenvalue weighted by molar-refractivity contribution is 6.31. The Labute approximate surface area is 175 Å². The first-order chi connectivity index (χ1) is 13.4. The van der Waals surface area contributed by atoms with Crippen molar-refractivity contribution in [2.45, 2.75) is 33.2 Å². The van der Waals surface area contributed by atoms with E-state index in [0.29, 0.717) is 5.69 Å². The van der Waals surface area contributed by atoms with Crippen LogP contribution in [0.15, 0.2) is 42.5 Å². The highest BCUT2D eigenvalue weighted by Crippen LogP contribution is 2.52. The third-order valence-electron chi connectivity index (χ3n) is 5.27. The van der Waals surface area contributed by atoms with Gasteiger partial charge in [-0.2, -0.15) is 0 Å². The van der Waals surface area contributed by atoms with Crippen molar-refractivity contribution in [3.05, 3.63) is 63.9 Å². The van der Waals surface area contributed by atoms with Crippen LogP contribution < -0.4 is 5.32 Å². The molecule has 1 aliphatic carbocycles. The Kier molecular flexibility index (Phi) is 6.64. The predicted molar refractivity (Wildman–Crippen MR) is 113 cm³/mol. The highest BCUT2D eigenvalue weighted by Gasteiger charge is 2.54. The number of halogens is 3. The van der Waals surface area contributed by atoms with E-state index in [2.05, 4.69) is 16.3 Å². The van der Waals surface area contributed by atoms with Gasteiger partial charge in [-0.05, 0) is 54.2 Å². The second-order valence-electron chi connectivity index (χ2n) is 7.53. The molecule has 0 aromatic heterocycles. The first-order valence-corrected chi connectivity index (χ1v) is 10.4. The van der Waals surface area contributed by atoms with Crippen LogP contribution in [0.2, 0.25) is 10.0 Å². The summed E-state index contributed by atoms with van der Waals surface area (Å²) in [5, 5.41) is 3.82. The third kappa shape index (κ3) is 4.86. The normalized spacial score (nSPS) is 17.9. The minimum absolute atomic E-state index is 0.00892. The van der Waals surface area contributed by atoms with Crippen molar-refractivity contribution in [2.24, 2.45) is 11.3 Å². The molecule has 2 fully saturated rings. The summed E-state index contributed by atoms with van der Waals surface area (Å²) in [6.07, 6.45) is 1.77. The van der Waals surface area contributed by atoms with Crippen LogP contribution in [0.5, 0.6) is 0 Å². The summed E-state index contributed by atoms with van der Waals surface area (Å²) >= 11 is 11.9. The monoisotopic (exact) mass is 422 g/mol. The molecule has 150 valence electrons. The van der Waals surface area contributed by atoms with Crippen molar-refractivity contribution in [2.75, 3.05) is 18.4 Å². The zero-order valence-corrected chi connectivity index (χ0v) is 17.7. The number of carbonyl (C=O) groups excluding carboxylic acids is 1. The zero-order chi connectivity index (χ0) is 20.3. The third-order valence-corrected chi connectivity index (χ3v) is 5.73. The fraction of sp³-hybridized carbons (Fsp3) is 0.409. The molecule has 28 heavy (non-hydrogen) atoms. The maximum absolute atomic E-state index is 13.4. The number of hydrogen-bond acceptors (Lipinski definition) is 2. The second-order valence-corrected chi connectivity index (χ2v) is 8.40. The summed E-state index contributed by atoms with van der Waals surface area (Å²) in [7, 11) is 0. The summed E-state index contributed by atoms with van der Waals surface area (Å²) in [5.41, 5.74) is 1.89. The molecule has 2 aliphatic rings. The van der Waals surface area contributed by atoms with Crippen LogP contribution in [0.1, 0.15) is 32.3 Å². The molecule has 0 bridgehead atoms. The van der Waals surface area contributed by atoms with Crippen molar-refractivity contribution in [3.8, 4) is 0 Å². The van der Waals surface area contributed by atoms with Gasteiger partial charge in [0.15, 0.2) is 0 Å². The lowest BCUT2D eigenvalue weighted by molar-refractivity contribution is -0.140. The summed E-state index contributed by atoms with van der Waals surface area (Å²) in [6.45, 7) is 6.91. The molecule has 1 spiro atoms. The van der Waals surface area contributed by atoms with Gasteiger partial charge in [0.2, 0.25) is 5.91 Å². The second kappa shape index (κ2) is 8.81. The molecule has 1 saturated heterocycles. The van der Waals surface area contributed by atoms with E-state index in [1.807, 2.05) is 32.0 Å². The number of rotatable bonds is 4. The first kappa shape index (κ1) is 21.1. The highest BCUT2D eigenvalue weighted by atomic mass is 35.5. The minimum Gasteiger partial charge on any atom is -0.326 e. The molecule has 1 heterocycles. The van der Waals surface area contributed by atoms with Crippen LogP contribution in [0.3, 0.4) is 0 Å². The summed E-state index contributed by atoms with van der Waals surface area (Å²) in [5.74, 6) is -0.510. The Morgan fingerprint density at radius 3 is 2.50 bits per heavy atom. The number of nitrogens with one attached hydrogen (secondary N) is 1. The zero-order valence-electron chi connectivity index (χ0n) is 16.1. The number of benzene rings is 2. The van der Waals surface area contributed by atoms with E-state index in [1.54, 1.807) is 6.07 Å². The molecule has 2 aromatic carbocycles. The lowest BCUT2D eigenvalue weighted by atomic mass is 9.57. The molecular formula is C22H25Cl2FN2O. The number of carbonyl (C=O) groups is 1. The van der Waals surface area contributed by atoms with Crippen LogP contribution in [0.4, 0.5) is 10.1 Å². The van der Waals surface area contributed by atoms with Gasteiger partial charge < -0.3 is 5.32 Å². The Bertz CT molecular complexity index is 824. The van der Waals surface area contributed by atoms with Crippen LogP contribution >= 0.6 is 23.2 Å². The number of anilines is 1. The molecule has 2 aromatic rings. The van der Waals surface area contributed by atoms with Crippen molar-refractivity contribution >= 4 is 34.8 Å². The fourth-order valence-corrected chi connectivity index (χ4v) is 4.64. The van der Waals surface area contributed by atoms with Gasteiger partial charge >= 0.3 is 0 Å². The summed E-state index contributed by atoms with van der Waals surface area (Å²) in [6, 6.07) is 12.0. The standard InChI is InChI=1S/C20H19Cl2FN2O.C2H6/c21-15-3-1-2-13(4-15)10-25-11-20(12-25)8-14(9-20)19(26)24-18-6-16(22)5-17(23)7-18;1-2/h1-7,14H,8-12H2,(H,24,26);1-2H3. The first-order valence-electron chi connectivity index (χ1n) is 9.65. The predicted octanol–water partition coefficient (Wildman–Crippen LogP) is 6.01. The Morgan fingerprint density at radius 1 is 1.14 bits per heavy atom. The molecule has 4 rings (SSSR count). The molecule has 1 amide bonds. The molecule has 3 nitrogen and oxygen atoms in total. The van der Waals surface area contributed by atoms with Gasteiger partial charge in [-0.1, -0.05) is 49.2 Å². The van der Waals surface area contributed by atoms with Gasteiger partial charge in [0, 0.05) is 41.3 Å². The average molecular weight is 423 g/mol. The molecule has 0 unspecified atom stereocenters. The van der Waals surface area contributed by atoms with E-state index in [0.717, 1.165) is 37.5 Å². The lowest BCUT2D eigenvalue weighted by Gasteiger charge is -2.58. The van der Waals surface area contributed by atoms with Crippen molar-refractivity contribution < 1.29 is 9.18 Å². The van der Waals surface area contributed by atoms with Gasteiger partial charge in [-0.15, -0.1) is 0 Å². The minimum atomic E-state index is -0.450. The molecule has 0 atom stereocenters. The van der Waals surface area contributed by atoms with Gasteiger partial charge in [0.05, 0.1) is 0 Å². The maximum Gasteiger partial charge on any atom is 0.227 e. The quantitative estimate of drug-likeness (QED) is 0.653. The van der Waals surface area contributed by atoms with Crippen molar-refractivity contribution in [3.63, 3.8) is 0 Å².